The fraction of sp³-hybridized carbons (Fsp3) is 0.312. The largest absolute Gasteiger partial charge is 0.327 e. The van der Waals surface area contributed by atoms with Crippen LogP contribution in [0.5, 0.6) is 0 Å². The van der Waals surface area contributed by atoms with E-state index < -0.39 is 0 Å². The quantitative estimate of drug-likeness (QED) is 0.727. The summed E-state index contributed by atoms with van der Waals surface area (Å²) in [5, 5.41) is 5.67. The first kappa shape index (κ1) is 13.3. The zero-order chi connectivity index (χ0) is 13.9. The van der Waals surface area contributed by atoms with Gasteiger partial charge in [0.2, 0.25) is 0 Å². The third kappa shape index (κ3) is 2.62. The summed E-state index contributed by atoms with van der Waals surface area (Å²) in [6.45, 7) is 7.11. The van der Waals surface area contributed by atoms with Gasteiger partial charge in [-0.3, -0.25) is 0 Å². The van der Waals surface area contributed by atoms with Crippen molar-refractivity contribution in [2.75, 3.05) is 6.54 Å². The van der Waals surface area contributed by atoms with Crippen molar-refractivity contribution in [1.29, 1.82) is 0 Å². The van der Waals surface area contributed by atoms with Crippen LogP contribution in [-0.4, -0.2) is 16.1 Å². The topological polar surface area (TPSA) is 29.9 Å². The van der Waals surface area contributed by atoms with Crippen LogP contribution < -0.4 is 5.32 Å². The molecule has 0 spiro atoms. The zero-order valence-electron chi connectivity index (χ0n) is 11.9. The first-order chi connectivity index (χ1) is 9.75. The second kappa shape index (κ2) is 5.77. The Kier molecular flexibility index (Phi) is 3.85. The zero-order valence-corrected chi connectivity index (χ0v) is 12.7. The Morgan fingerprint density at radius 1 is 1.20 bits per heavy atom. The van der Waals surface area contributed by atoms with Gasteiger partial charge < -0.3 is 9.88 Å². The van der Waals surface area contributed by atoms with E-state index in [0.717, 1.165) is 31.0 Å². The van der Waals surface area contributed by atoms with Crippen molar-refractivity contribution in [3.63, 3.8) is 0 Å². The average Bonchev–Trinajstić information content (AvgIpc) is 2.98. The molecule has 0 saturated heterocycles. The first-order valence-corrected chi connectivity index (χ1v) is 7.79. The van der Waals surface area contributed by atoms with Gasteiger partial charge in [0, 0.05) is 24.5 Å². The van der Waals surface area contributed by atoms with Gasteiger partial charge in [-0.2, -0.15) is 0 Å². The van der Waals surface area contributed by atoms with Crippen molar-refractivity contribution >= 4 is 22.4 Å². The number of nitrogens with one attached hydrogen (secondary N) is 1. The molecule has 3 rings (SSSR count). The van der Waals surface area contributed by atoms with Crippen LogP contribution >= 0.6 is 11.3 Å². The fourth-order valence-electron chi connectivity index (χ4n) is 2.46. The number of aryl methyl sites for hydroxylation is 2. The van der Waals surface area contributed by atoms with Crippen LogP contribution in [0, 0.1) is 13.8 Å². The maximum Gasteiger partial charge on any atom is 0.106 e. The summed E-state index contributed by atoms with van der Waals surface area (Å²) in [6, 6.07) is 10.5. The van der Waals surface area contributed by atoms with Crippen LogP contribution in [-0.2, 0) is 13.1 Å². The maximum atomic E-state index is 4.59. The molecule has 3 aromatic rings. The van der Waals surface area contributed by atoms with E-state index in [2.05, 4.69) is 58.4 Å². The van der Waals surface area contributed by atoms with Gasteiger partial charge in [-0.25, -0.2) is 4.98 Å². The number of benzene rings is 1. The van der Waals surface area contributed by atoms with Gasteiger partial charge in [-0.1, -0.05) is 12.1 Å². The SMILES string of the molecule is Cc1ccsc1CNCCn1c(C)nc2ccccc21. The lowest BCUT2D eigenvalue weighted by Gasteiger charge is -2.08. The summed E-state index contributed by atoms with van der Waals surface area (Å²) in [5.41, 5.74) is 3.69. The smallest absolute Gasteiger partial charge is 0.106 e. The second-order valence-corrected chi connectivity index (χ2v) is 6.00. The number of hydrogen-bond donors (Lipinski definition) is 1. The number of hydrogen-bond acceptors (Lipinski definition) is 3. The third-order valence-corrected chi connectivity index (χ3v) is 4.63. The lowest BCUT2D eigenvalue weighted by atomic mass is 10.3. The molecular weight excluding hydrogens is 266 g/mol. The van der Waals surface area contributed by atoms with Crippen molar-refractivity contribution in [1.82, 2.24) is 14.9 Å². The molecule has 0 fully saturated rings. The Bertz CT molecular complexity index is 711. The molecule has 0 atom stereocenters. The summed E-state index contributed by atoms with van der Waals surface area (Å²) < 4.78 is 2.28. The van der Waals surface area contributed by atoms with E-state index in [1.807, 2.05) is 17.4 Å². The minimum Gasteiger partial charge on any atom is -0.327 e. The minimum atomic E-state index is 0.954. The molecule has 0 radical (unpaired) electrons. The maximum absolute atomic E-state index is 4.59. The molecule has 0 amide bonds. The van der Waals surface area contributed by atoms with E-state index in [1.54, 1.807) is 0 Å². The molecule has 104 valence electrons. The van der Waals surface area contributed by atoms with Crippen LogP contribution in [0.2, 0.25) is 0 Å². The molecule has 0 bridgehead atoms. The van der Waals surface area contributed by atoms with E-state index in [-0.39, 0.29) is 0 Å². The summed E-state index contributed by atoms with van der Waals surface area (Å²) in [5.74, 6) is 1.08. The van der Waals surface area contributed by atoms with Gasteiger partial charge >= 0.3 is 0 Å². The minimum absolute atomic E-state index is 0.954. The first-order valence-electron chi connectivity index (χ1n) is 6.91. The van der Waals surface area contributed by atoms with Crippen LogP contribution in [0.15, 0.2) is 35.7 Å². The number of thiophene rings is 1. The Morgan fingerprint density at radius 3 is 2.85 bits per heavy atom. The molecular formula is C16H19N3S. The fourth-order valence-corrected chi connectivity index (χ4v) is 3.33. The molecule has 0 aliphatic rings. The van der Waals surface area contributed by atoms with Crippen molar-refractivity contribution in [2.24, 2.45) is 0 Å². The number of aromatic nitrogens is 2. The predicted octanol–water partition coefficient (Wildman–Crippen LogP) is 3.50. The molecule has 1 N–H and O–H groups in total. The third-order valence-electron chi connectivity index (χ3n) is 3.61. The van der Waals surface area contributed by atoms with Crippen LogP contribution in [0.25, 0.3) is 11.0 Å². The molecule has 4 heteroatoms. The lowest BCUT2D eigenvalue weighted by molar-refractivity contribution is 0.600. The number of fused-ring (bicyclic) bond motifs is 1. The highest BCUT2D eigenvalue weighted by Gasteiger charge is 2.06. The molecule has 2 aromatic heterocycles. The van der Waals surface area contributed by atoms with Gasteiger partial charge in [0.15, 0.2) is 0 Å². The van der Waals surface area contributed by atoms with E-state index >= 15 is 0 Å². The molecule has 1 aromatic carbocycles. The van der Waals surface area contributed by atoms with Gasteiger partial charge in [0.1, 0.15) is 5.82 Å². The van der Waals surface area contributed by atoms with Gasteiger partial charge in [0.25, 0.3) is 0 Å². The Morgan fingerprint density at radius 2 is 2.05 bits per heavy atom. The molecule has 0 aliphatic heterocycles. The summed E-state index contributed by atoms with van der Waals surface area (Å²) >= 11 is 1.82. The van der Waals surface area contributed by atoms with E-state index in [0.29, 0.717) is 0 Å². The standard InChI is InChI=1S/C16H19N3S/c1-12-7-10-20-16(12)11-17-8-9-19-13(2)18-14-5-3-4-6-15(14)19/h3-7,10,17H,8-9,11H2,1-2H3. The van der Waals surface area contributed by atoms with Gasteiger partial charge in [0.05, 0.1) is 11.0 Å². The normalized spacial score (nSPS) is 11.3. The van der Waals surface area contributed by atoms with Gasteiger partial charge in [-0.05, 0) is 43.0 Å². The van der Waals surface area contributed by atoms with E-state index in [1.165, 1.54) is 16.0 Å². The molecule has 0 unspecified atom stereocenters. The molecule has 3 nitrogen and oxygen atoms in total. The van der Waals surface area contributed by atoms with Crippen molar-refractivity contribution in [2.45, 2.75) is 26.9 Å². The van der Waals surface area contributed by atoms with Gasteiger partial charge in [-0.15, -0.1) is 11.3 Å². The highest BCUT2D eigenvalue weighted by Crippen LogP contribution is 2.16. The molecule has 0 aliphatic carbocycles. The van der Waals surface area contributed by atoms with Crippen molar-refractivity contribution < 1.29 is 0 Å². The summed E-state index contributed by atoms with van der Waals surface area (Å²) in [6.07, 6.45) is 0. The Labute approximate surface area is 123 Å². The Hall–Kier alpha value is -1.65. The van der Waals surface area contributed by atoms with Crippen LogP contribution in [0.4, 0.5) is 0 Å². The second-order valence-electron chi connectivity index (χ2n) is 5.00. The molecule has 20 heavy (non-hydrogen) atoms. The summed E-state index contributed by atoms with van der Waals surface area (Å²) in [7, 11) is 0. The van der Waals surface area contributed by atoms with Crippen molar-refractivity contribution in [3.05, 3.63) is 52.0 Å². The molecule has 2 heterocycles. The number of nitrogens with zero attached hydrogens (tertiary/aromatic N) is 2. The Balaban J connectivity index is 1.63. The monoisotopic (exact) mass is 285 g/mol. The number of para-hydroxylation sites is 2. The van der Waals surface area contributed by atoms with Crippen LogP contribution in [0.3, 0.4) is 0 Å². The average molecular weight is 285 g/mol. The highest BCUT2D eigenvalue weighted by molar-refractivity contribution is 7.10. The van der Waals surface area contributed by atoms with E-state index in [9.17, 15) is 0 Å². The lowest BCUT2D eigenvalue weighted by Crippen LogP contribution is -2.19. The number of imidazole rings is 1. The van der Waals surface area contributed by atoms with E-state index in [4.69, 9.17) is 0 Å². The predicted molar refractivity (Wildman–Crippen MR) is 85.2 cm³/mol. The van der Waals surface area contributed by atoms with Crippen LogP contribution in [0.1, 0.15) is 16.3 Å². The van der Waals surface area contributed by atoms with Crippen molar-refractivity contribution in [3.8, 4) is 0 Å². The number of rotatable bonds is 5. The summed E-state index contributed by atoms with van der Waals surface area (Å²) in [4.78, 5) is 6.02. The highest BCUT2D eigenvalue weighted by atomic mass is 32.1. The molecule has 0 saturated carbocycles.